The first-order valence-corrected chi connectivity index (χ1v) is 12.1. The number of nitrogens with zero attached hydrogens (tertiary/aromatic N) is 5. The van der Waals surface area contributed by atoms with Gasteiger partial charge in [-0.3, -0.25) is 14.6 Å². The highest BCUT2D eigenvalue weighted by molar-refractivity contribution is 5.89. The number of amides is 2. The van der Waals surface area contributed by atoms with Crippen molar-refractivity contribution in [3.05, 3.63) is 89.7 Å². The molecule has 1 N–H and O–H groups in total. The summed E-state index contributed by atoms with van der Waals surface area (Å²) in [4.78, 5) is 33.4. The van der Waals surface area contributed by atoms with Crippen molar-refractivity contribution in [3.8, 4) is 0 Å². The Bertz CT molecular complexity index is 1330. The number of carbonyl (C=O) groups is 2. The van der Waals surface area contributed by atoms with Gasteiger partial charge in [-0.2, -0.15) is 0 Å². The number of rotatable bonds is 9. The summed E-state index contributed by atoms with van der Waals surface area (Å²) in [5.41, 5.74) is 3.79. The van der Waals surface area contributed by atoms with E-state index in [1.54, 1.807) is 34.1 Å². The first-order chi connectivity index (χ1) is 17.3. The summed E-state index contributed by atoms with van der Waals surface area (Å²) in [5.74, 6) is -0.477. The van der Waals surface area contributed by atoms with E-state index >= 15 is 0 Å². The van der Waals surface area contributed by atoms with E-state index in [2.05, 4.69) is 20.6 Å². The zero-order valence-electron chi connectivity index (χ0n) is 21.2. The molecule has 2 aromatic carbocycles. The van der Waals surface area contributed by atoms with Crippen LogP contribution in [0.15, 0.2) is 73.1 Å². The number of aromatic nitrogens is 4. The molecule has 0 aliphatic carbocycles. The number of hydrogen-bond donors (Lipinski definition) is 1. The van der Waals surface area contributed by atoms with Gasteiger partial charge in [0.2, 0.25) is 11.8 Å². The lowest BCUT2D eigenvalue weighted by Crippen LogP contribution is -2.50. The van der Waals surface area contributed by atoms with Crippen molar-refractivity contribution in [2.24, 2.45) is 0 Å². The van der Waals surface area contributed by atoms with Crippen molar-refractivity contribution < 1.29 is 9.59 Å². The molecule has 0 spiro atoms. The Hall–Kier alpha value is -4.07. The smallest absolute Gasteiger partial charge is 0.247 e. The second kappa shape index (κ2) is 10.7. The van der Waals surface area contributed by atoms with Gasteiger partial charge >= 0.3 is 0 Å². The number of fused-ring (bicyclic) bond motifs is 1. The molecule has 0 radical (unpaired) electrons. The van der Waals surface area contributed by atoms with Crippen LogP contribution in [0, 0.1) is 6.92 Å². The van der Waals surface area contributed by atoms with Crippen molar-refractivity contribution in [1.82, 2.24) is 30.2 Å². The Labute approximate surface area is 211 Å². The number of nitrogens with one attached hydrogen (secondary N) is 1. The number of hydrogen-bond acceptors (Lipinski definition) is 5. The molecule has 8 heteroatoms. The third kappa shape index (κ3) is 5.76. The fourth-order valence-electron chi connectivity index (χ4n) is 3.98. The van der Waals surface area contributed by atoms with Crippen molar-refractivity contribution in [1.29, 1.82) is 0 Å². The monoisotopic (exact) mass is 484 g/mol. The summed E-state index contributed by atoms with van der Waals surface area (Å²) in [6, 6.07) is 18.2. The van der Waals surface area contributed by atoms with Crippen LogP contribution in [0.2, 0.25) is 0 Å². The van der Waals surface area contributed by atoms with E-state index in [0.29, 0.717) is 11.1 Å². The summed E-state index contributed by atoms with van der Waals surface area (Å²) in [6.07, 6.45) is 4.03. The predicted molar refractivity (Wildman–Crippen MR) is 139 cm³/mol. The number of carbonyl (C=O) groups excluding carboxylic acids is 2. The Morgan fingerprint density at radius 3 is 2.42 bits per heavy atom. The van der Waals surface area contributed by atoms with Crippen LogP contribution >= 0.6 is 0 Å². The van der Waals surface area contributed by atoms with Crippen LogP contribution in [-0.4, -0.2) is 42.2 Å². The maximum atomic E-state index is 13.9. The number of para-hydroxylation sites is 1. The van der Waals surface area contributed by atoms with Gasteiger partial charge in [0.15, 0.2) is 0 Å². The lowest BCUT2D eigenvalue weighted by atomic mass is 9.98. The molecule has 4 aromatic rings. The van der Waals surface area contributed by atoms with Gasteiger partial charge in [0.25, 0.3) is 0 Å². The molecule has 0 fully saturated rings. The van der Waals surface area contributed by atoms with Crippen LogP contribution in [0.1, 0.15) is 49.9 Å². The predicted octanol–water partition coefficient (Wildman–Crippen LogP) is 4.21. The molecule has 0 aliphatic rings. The van der Waals surface area contributed by atoms with E-state index in [9.17, 15) is 9.59 Å². The quantitative estimate of drug-likeness (QED) is 0.384. The van der Waals surface area contributed by atoms with Crippen molar-refractivity contribution >= 4 is 22.8 Å². The minimum absolute atomic E-state index is 0.0432. The molecule has 0 saturated carbocycles. The molecule has 2 aromatic heterocycles. The maximum Gasteiger partial charge on any atom is 0.247 e. The van der Waals surface area contributed by atoms with Crippen molar-refractivity contribution in [3.63, 3.8) is 0 Å². The van der Waals surface area contributed by atoms with E-state index in [1.165, 1.54) is 0 Å². The highest BCUT2D eigenvalue weighted by atomic mass is 16.2. The number of benzene rings is 2. The standard InChI is InChI=1S/C28H32N6O2/c1-5-28(3,4)30-27(36)26(22-14-16-29-17-15-22)33(18-21-12-10-20(2)11-13-21)25(35)19-34-24-9-7-6-8-23(24)31-32-34/h6-17,26H,5,18-19H2,1-4H3,(H,30,36). The van der Waals surface area contributed by atoms with E-state index < -0.39 is 11.6 Å². The molecular weight excluding hydrogens is 452 g/mol. The average molecular weight is 485 g/mol. The molecule has 4 rings (SSSR count). The van der Waals surface area contributed by atoms with Crippen molar-refractivity contribution in [2.75, 3.05) is 0 Å². The fraction of sp³-hybridized carbons (Fsp3) is 0.321. The molecule has 0 saturated heterocycles. The molecule has 2 amide bonds. The van der Waals surface area contributed by atoms with Crippen LogP contribution in [0.3, 0.4) is 0 Å². The zero-order valence-corrected chi connectivity index (χ0v) is 21.2. The summed E-state index contributed by atoms with van der Waals surface area (Å²) in [5, 5.41) is 11.5. The van der Waals surface area contributed by atoms with Crippen LogP contribution in [0.4, 0.5) is 0 Å². The zero-order chi connectivity index (χ0) is 25.7. The lowest BCUT2D eigenvalue weighted by molar-refractivity contribution is -0.143. The first kappa shape index (κ1) is 25.0. The molecular formula is C28H32N6O2. The van der Waals surface area contributed by atoms with Crippen LogP contribution in [0.5, 0.6) is 0 Å². The third-order valence-corrected chi connectivity index (χ3v) is 6.43. The SMILES string of the molecule is CCC(C)(C)NC(=O)C(c1ccncc1)N(Cc1ccc(C)cc1)C(=O)Cn1nnc2ccccc21. The van der Waals surface area contributed by atoms with E-state index in [-0.39, 0.29) is 24.9 Å². The Morgan fingerprint density at radius 2 is 1.72 bits per heavy atom. The summed E-state index contributed by atoms with van der Waals surface area (Å²) >= 11 is 0. The molecule has 8 nitrogen and oxygen atoms in total. The Balaban J connectivity index is 1.74. The minimum atomic E-state index is -0.845. The van der Waals surface area contributed by atoms with Gasteiger partial charge < -0.3 is 10.2 Å². The van der Waals surface area contributed by atoms with Crippen LogP contribution in [0.25, 0.3) is 11.0 Å². The van der Waals surface area contributed by atoms with Gasteiger partial charge in [-0.1, -0.05) is 54.1 Å². The second-order valence-corrected chi connectivity index (χ2v) is 9.65. The van der Waals surface area contributed by atoms with Gasteiger partial charge in [-0.25, -0.2) is 4.68 Å². The van der Waals surface area contributed by atoms with E-state index in [4.69, 9.17) is 0 Å². The first-order valence-electron chi connectivity index (χ1n) is 12.1. The summed E-state index contributed by atoms with van der Waals surface area (Å²) in [7, 11) is 0. The Morgan fingerprint density at radius 1 is 1.03 bits per heavy atom. The van der Waals surface area contributed by atoms with E-state index in [0.717, 1.165) is 23.1 Å². The second-order valence-electron chi connectivity index (χ2n) is 9.65. The highest BCUT2D eigenvalue weighted by Gasteiger charge is 2.34. The molecule has 186 valence electrons. The third-order valence-electron chi connectivity index (χ3n) is 6.43. The van der Waals surface area contributed by atoms with Gasteiger partial charge in [0.05, 0.1) is 5.52 Å². The van der Waals surface area contributed by atoms with Crippen molar-refractivity contribution in [2.45, 2.75) is 58.8 Å². The summed E-state index contributed by atoms with van der Waals surface area (Å²) in [6.45, 7) is 8.21. The average Bonchev–Trinajstić information content (AvgIpc) is 3.28. The normalized spacial score (nSPS) is 12.3. The molecule has 36 heavy (non-hydrogen) atoms. The van der Waals surface area contributed by atoms with Crippen LogP contribution < -0.4 is 5.32 Å². The van der Waals surface area contributed by atoms with Gasteiger partial charge in [-0.05, 0) is 62.6 Å². The fourth-order valence-corrected chi connectivity index (χ4v) is 3.98. The van der Waals surface area contributed by atoms with Crippen LogP contribution in [-0.2, 0) is 22.7 Å². The van der Waals surface area contributed by atoms with E-state index in [1.807, 2.05) is 76.2 Å². The summed E-state index contributed by atoms with van der Waals surface area (Å²) < 4.78 is 1.58. The van der Waals surface area contributed by atoms with Gasteiger partial charge in [-0.15, -0.1) is 5.10 Å². The van der Waals surface area contributed by atoms with Gasteiger partial charge in [0.1, 0.15) is 18.1 Å². The Kier molecular flexibility index (Phi) is 7.43. The molecule has 2 heterocycles. The van der Waals surface area contributed by atoms with Gasteiger partial charge in [0, 0.05) is 24.5 Å². The maximum absolute atomic E-state index is 13.9. The molecule has 1 atom stereocenters. The highest BCUT2D eigenvalue weighted by Crippen LogP contribution is 2.26. The minimum Gasteiger partial charge on any atom is -0.349 e. The number of aryl methyl sites for hydroxylation is 1. The molecule has 0 bridgehead atoms. The lowest BCUT2D eigenvalue weighted by Gasteiger charge is -2.34. The molecule has 0 aliphatic heterocycles. The largest absolute Gasteiger partial charge is 0.349 e. The molecule has 1 unspecified atom stereocenters. The topological polar surface area (TPSA) is 93.0 Å². The number of pyridine rings is 1.